The fourth-order valence-corrected chi connectivity index (χ4v) is 5.19. The summed E-state index contributed by atoms with van der Waals surface area (Å²) in [5, 5.41) is 14.1. The molecule has 0 aromatic heterocycles. The predicted octanol–water partition coefficient (Wildman–Crippen LogP) is 2.42. The van der Waals surface area contributed by atoms with Gasteiger partial charge in [-0.2, -0.15) is 11.8 Å². The Hall–Kier alpha value is -0.260. The number of hydrogen-bond acceptors (Lipinski definition) is 4. The first-order valence-corrected chi connectivity index (χ1v) is 8.81. The molecule has 2 aliphatic carbocycles. The quantitative estimate of drug-likeness (QED) is 0.816. The van der Waals surface area contributed by atoms with Crippen molar-refractivity contribution in [1.82, 2.24) is 5.32 Å². The molecule has 0 bridgehead atoms. The molecule has 0 radical (unpaired) electrons. The fraction of sp³-hybridized carbons (Fsp3) is 0.933. The van der Waals surface area contributed by atoms with Crippen molar-refractivity contribution in [1.29, 1.82) is 0 Å². The third kappa shape index (κ3) is 3.15. The van der Waals surface area contributed by atoms with E-state index in [2.05, 4.69) is 12.2 Å². The standard InChI is InChI=1S/C15H25NO3S/c1-10-13(6-8-19-10)20-12-3-2-7-15(9-12,14(17)18)16-11-4-5-11/h10-13,16H,2-9H2,1H3,(H,17,18). The molecule has 1 saturated heterocycles. The van der Waals surface area contributed by atoms with Gasteiger partial charge in [-0.1, -0.05) is 0 Å². The number of hydrogen-bond donors (Lipinski definition) is 2. The average molecular weight is 299 g/mol. The highest BCUT2D eigenvalue weighted by molar-refractivity contribution is 8.00. The van der Waals surface area contributed by atoms with Gasteiger partial charge in [0.25, 0.3) is 0 Å². The number of aliphatic carboxylic acids is 1. The first-order chi connectivity index (χ1) is 9.59. The zero-order chi connectivity index (χ0) is 14.2. The van der Waals surface area contributed by atoms with Gasteiger partial charge in [-0.25, -0.2) is 0 Å². The number of carboxylic acids is 1. The molecular formula is C15H25NO3S. The molecule has 20 heavy (non-hydrogen) atoms. The second kappa shape index (κ2) is 5.85. The Morgan fingerprint density at radius 2 is 2.15 bits per heavy atom. The third-order valence-corrected chi connectivity index (χ3v) is 6.60. The molecule has 0 amide bonds. The lowest BCUT2D eigenvalue weighted by molar-refractivity contribution is -0.146. The molecule has 114 valence electrons. The molecule has 5 heteroatoms. The Kier molecular flexibility index (Phi) is 4.29. The van der Waals surface area contributed by atoms with Gasteiger partial charge in [0, 0.05) is 23.1 Å². The summed E-state index contributed by atoms with van der Waals surface area (Å²) in [6, 6.07) is 0.448. The van der Waals surface area contributed by atoms with Crippen molar-refractivity contribution in [2.75, 3.05) is 6.61 Å². The number of carbonyl (C=O) groups is 1. The number of nitrogens with one attached hydrogen (secondary N) is 1. The number of ether oxygens (including phenoxy) is 1. The first kappa shape index (κ1) is 14.7. The van der Waals surface area contributed by atoms with Crippen LogP contribution in [0.5, 0.6) is 0 Å². The molecule has 2 N–H and O–H groups in total. The molecule has 3 aliphatic rings. The summed E-state index contributed by atoms with van der Waals surface area (Å²) < 4.78 is 5.63. The summed E-state index contributed by atoms with van der Waals surface area (Å²) in [5.41, 5.74) is -0.667. The minimum absolute atomic E-state index is 0.317. The second-order valence-electron chi connectivity index (χ2n) is 6.56. The summed E-state index contributed by atoms with van der Waals surface area (Å²) in [7, 11) is 0. The van der Waals surface area contributed by atoms with Gasteiger partial charge in [0.05, 0.1) is 6.10 Å². The molecule has 4 atom stereocenters. The van der Waals surface area contributed by atoms with Gasteiger partial charge < -0.3 is 9.84 Å². The van der Waals surface area contributed by atoms with E-state index in [-0.39, 0.29) is 0 Å². The summed E-state index contributed by atoms with van der Waals surface area (Å²) in [6.07, 6.45) is 7.43. The molecule has 3 fully saturated rings. The van der Waals surface area contributed by atoms with Crippen LogP contribution in [0.1, 0.15) is 51.9 Å². The predicted molar refractivity (Wildman–Crippen MR) is 80.2 cm³/mol. The van der Waals surface area contributed by atoms with Gasteiger partial charge >= 0.3 is 5.97 Å². The zero-order valence-electron chi connectivity index (χ0n) is 12.1. The van der Waals surface area contributed by atoms with Crippen LogP contribution in [-0.4, -0.2) is 45.9 Å². The van der Waals surface area contributed by atoms with Crippen LogP contribution in [0.15, 0.2) is 0 Å². The summed E-state index contributed by atoms with van der Waals surface area (Å²) in [4.78, 5) is 11.8. The van der Waals surface area contributed by atoms with Crippen molar-refractivity contribution >= 4 is 17.7 Å². The van der Waals surface area contributed by atoms with Crippen LogP contribution < -0.4 is 5.32 Å². The highest BCUT2D eigenvalue weighted by atomic mass is 32.2. The SMILES string of the molecule is CC1OCCC1SC1CCCC(NC2CC2)(C(=O)O)C1. The Labute approximate surface area is 125 Å². The molecule has 0 aromatic carbocycles. The Bertz CT molecular complexity index is 374. The Balaban J connectivity index is 1.62. The number of thioether (sulfide) groups is 1. The lowest BCUT2D eigenvalue weighted by atomic mass is 9.81. The molecule has 1 aliphatic heterocycles. The molecule has 4 unspecified atom stereocenters. The topological polar surface area (TPSA) is 58.6 Å². The summed E-state index contributed by atoms with van der Waals surface area (Å²) >= 11 is 1.98. The molecule has 4 nitrogen and oxygen atoms in total. The minimum atomic E-state index is -0.667. The number of carboxylic acid groups (broad SMARTS) is 1. The van der Waals surface area contributed by atoms with E-state index in [0.29, 0.717) is 22.6 Å². The van der Waals surface area contributed by atoms with Crippen molar-refractivity contribution in [2.24, 2.45) is 0 Å². The van der Waals surface area contributed by atoms with Crippen LogP contribution in [0.4, 0.5) is 0 Å². The van der Waals surface area contributed by atoms with E-state index in [1.165, 1.54) is 0 Å². The van der Waals surface area contributed by atoms with E-state index in [1.807, 2.05) is 11.8 Å². The maximum atomic E-state index is 11.8. The van der Waals surface area contributed by atoms with Gasteiger partial charge in [0.2, 0.25) is 0 Å². The molecular weight excluding hydrogens is 274 g/mol. The lowest BCUT2D eigenvalue weighted by Crippen LogP contribution is -2.56. The van der Waals surface area contributed by atoms with Crippen LogP contribution in [0.25, 0.3) is 0 Å². The van der Waals surface area contributed by atoms with Gasteiger partial charge in [0.15, 0.2) is 0 Å². The van der Waals surface area contributed by atoms with Crippen molar-refractivity contribution in [3.8, 4) is 0 Å². The van der Waals surface area contributed by atoms with Crippen molar-refractivity contribution in [3.63, 3.8) is 0 Å². The van der Waals surface area contributed by atoms with Crippen LogP contribution in [-0.2, 0) is 9.53 Å². The van der Waals surface area contributed by atoms with Crippen LogP contribution in [0.2, 0.25) is 0 Å². The zero-order valence-corrected chi connectivity index (χ0v) is 13.0. The number of rotatable bonds is 5. The largest absolute Gasteiger partial charge is 0.480 e. The molecule has 1 heterocycles. The Morgan fingerprint density at radius 3 is 2.75 bits per heavy atom. The van der Waals surface area contributed by atoms with Gasteiger partial charge in [-0.3, -0.25) is 10.1 Å². The van der Waals surface area contributed by atoms with Crippen LogP contribution in [0, 0.1) is 0 Å². The van der Waals surface area contributed by atoms with E-state index >= 15 is 0 Å². The maximum absolute atomic E-state index is 11.8. The van der Waals surface area contributed by atoms with E-state index in [4.69, 9.17) is 4.74 Å². The molecule has 2 saturated carbocycles. The van der Waals surface area contributed by atoms with Crippen molar-refractivity contribution < 1.29 is 14.6 Å². The van der Waals surface area contributed by atoms with Crippen molar-refractivity contribution in [2.45, 2.75) is 80.1 Å². The monoisotopic (exact) mass is 299 g/mol. The first-order valence-electron chi connectivity index (χ1n) is 7.87. The summed E-state index contributed by atoms with van der Waals surface area (Å²) in [5.74, 6) is -0.648. The maximum Gasteiger partial charge on any atom is 0.323 e. The van der Waals surface area contributed by atoms with Gasteiger partial charge in [-0.05, 0) is 51.9 Å². The van der Waals surface area contributed by atoms with Crippen LogP contribution >= 0.6 is 11.8 Å². The summed E-state index contributed by atoms with van der Waals surface area (Å²) in [6.45, 7) is 3.00. The average Bonchev–Trinajstić information content (AvgIpc) is 3.13. The van der Waals surface area contributed by atoms with E-state index in [0.717, 1.165) is 51.6 Å². The minimum Gasteiger partial charge on any atom is -0.480 e. The fourth-order valence-electron chi connectivity index (χ4n) is 3.48. The van der Waals surface area contributed by atoms with E-state index < -0.39 is 11.5 Å². The van der Waals surface area contributed by atoms with Crippen molar-refractivity contribution in [3.05, 3.63) is 0 Å². The highest BCUT2D eigenvalue weighted by Gasteiger charge is 2.46. The molecule has 3 rings (SSSR count). The third-order valence-electron chi connectivity index (χ3n) is 4.85. The molecule has 0 aromatic rings. The smallest absolute Gasteiger partial charge is 0.323 e. The van der Waals surface area contributed by atoms with E-state index in [9.17, 15) is 9.90 Å². The highest BCUT2D eigenvalue weighted by Crippen LogP contribution is 2.41. The van der Waals surface area contributed by atoms with Crippen LogP contribution in [0.3, 0.4) is 0 Å². The Morgan fingerprint density at radius 1 is 1.35 bits per heavy atom. The normalized spacial score (nSPS) is 41.8. The van der Waals surface area contributed by atoms with Gasteiger partial charge in [-0.15, -0.1) is 0 Å². The second-order valence-corrected chi connectivity index (χ2v) is 8.11. The lowest BCUT2D eigenvalue weighted by Gasteiger charge is -2.39. The molecule has 0 spiro atoms. The van der Waals surface area contributed by atoms with E-state index in [1.54, 1.807) is 0 Å². The van der Waals surface area contributed by atoms with Gasteiger partial charge in [0.1, 0.15) is 5.54 Å².